The van der Waals surface area contributed by atoms with Gasteiger partial charge in [-0.25, -0.2) is 4.79 Å². The second kappa shape index (κ2) is 4.98. The van der Waals surface area contributed by atoms with Crippen LogP contribution in [0.15, 0.2) is 39.6 Å². The number of hydrogen-bond acceptors (Lipinski definition) is 4. The van der Waals surface area contributed by atoms with Gasteiger partial charge in [-0.3, -0.25) is 0 Å². The third kappa shape index (κ3) is 2.20. The summed E-state index contributed by atoms with van der Waals surface area (Å²) >= 11 is 1.43. The summed E-state index contributed by atoms with van der Waals surface area (Å²) in [5.41, 5.74) is 1.40. The summed E-state index contributed by atoms with van der Waals surface area (Å²) in [5.74, 6) is 0.134. The van der Waals surface area contributed by atoms with Crippen LogP contribution in [0, 0.1) is 0 Å². The molecule has 0 spiro atoms. The third-order valence-corrected chi connectivity index (χ3v) is 3.92. The van der Waals surface area contributed by atoms with Crippen molar-refractivity contribution in [2.45, 2.75) is 25.7 Å². The van der Waals surface area contributed by atoms with Crippen molar-refractivity contribution in [3.05, 3.63) is 46.4 Å². The molecule has 18 heavy (non-hydrogen) atoms. The normalized spacial score (nSPS) is 20.6. The van der Waals surface area contributed by atoms with Crippen LogP contribution in [0.4, 0.5) is 0 Å². The van der Waals surface area contributed by atoms with Crippen LogP contribution in [0.5, 0.6) is 0 Å². The molecule has 92 valence electrons. The Balaban J connectivity index is 1.82. The molecular weight excluding hydrogens is 246 g/mol. The van der Waals surface area contributed by atoms with E-state index in [1.165, 1.54) is 29.7 Å². The molecule has 0 saturated heterocycles. The predicted molar refractivity (Wildman–Crippen MR) is 72.5 cm³/mol. The Kier molecular flexibility index (Phi) is 3.19. The fourth-order valence-electron chi connectivity index (χ4n) is 2.10. The van der Waals surface area contributed by atoms with E-state index < -0.39 is 0 Å². The summed E-state index contributed by atoms with van der Waals surface area (Å²) < 4.78 is 9.55. The number of esters is 1. The highest BCUT2D eigenvalue weighted by atomic mass is 32.2. The fraction of sp³-hybridized carbons (Fsp3) is 0.286. The standard InChI is InChI=1S/C14H13NO2S/c16-14-12-9-5-4-8-11(12)13(17-14)15-18-10-6-2-1-3-7-10/h4-6,8-9H,1-3,7H2/b15-13+. The summed E-state index contributed by atoms with van der Waals surface area (Å²) in [6.45, 7) is 0. The van der Waals surface area contributed by atoms with Gasteiger partial charge in [-0.2, -0.15) is 4.40 Å². The lowest BCUT2D eigenvalue weighted by Gasteiger charge is -2.08. The molecule has 0 atom stereocenters. The van der Waals surface area contributed by atoms with Crippen molar-refractivity contribution in [1.82, 2.24) is 0 Å². The summed E-state index contributed by atoms with van der Waals surface area (Å²) in [5, 5.41) is 0. The van der Waals surface area contributed by atoms with Gasteiger partial charge in [0.15, 0.2) is 0 Å². The molecule has 4 heteroatoms. The minimum absolute atomic E-state index is 0.303. The first kappa shape index (κ1) is 11.5. The van der Waals surface area contributed by atoms with Crippen LogP contribution in [0.3, 0.4) is 0 Å². The lowest BCUT2D eigenvalue weighted by Crippen LogP contribution is -1.99. The smallest absolute Gasteiger partial charge is 0.345 e. The molecular formula is C14H13NO2S. The third-order valence-electron chi connectivity index (χ3n) is 3.06. The average Bonchev–Trinajstić information content (AvgIpc) is 2.75. The van der Waals surface area contributed by atoms with E-state index in [1.807, 2.05) is 18.2 Å². The maximum atomic E-state index is 11.6. The summed E-state index contributed by atoms with van der Waals surface area (Å²) in [4.78, 5) is 12.9. The second-order valence-electron chi connectivity index (χ2n) is 4.34. The van der Waals surface area contributed by atoms with E-state index in [-0.39, 0.29) is 5.97 Å². The first-order valence-electron chi connectivity index (χ1n) is 6.10. The van der Waals surface area contributed by atoms with Crippen LogP contribution < -0.4 is 0 Å². The van der Waals surface area contributed by atoms with Crippen molar-refractivity contribution >= 4 is 23.8 Å². The Labute approximate surface area is 110 Å². The van der Waals surface area contributed by atoms with Gasteiger partial charge in [0, 0.05) is 16.9 Å². The molecule has 3 rings (SSSR count). The quantitative estimate of drug-likeness (QED) is 0.600. The summed E-state index contributed by atoms with van der Waals surface area (Å²) in [6, 6.07) is 7.36. The highest BCUT2D eigenvalue weighted by Crippen LogP contribution is 2.30. The van der Waals surface area contributed by atoms with Gasteiger partial charge in [-0.1, -0.05) is 18.2 Å². The van der Waals surface area contributed by atoms with E-state index in [0.29, 0.717) is 11.5 Å². The molecule has 0 saturated carbocycles. The topological polar surface area (TPSA) is 38.7 Å². The van der Waals surface area contributed by atoms with E-state index in [1.54, 1.807) is 6.07 Å². The zero-order chi connectivity index (χ0) is 12.4. The van der Waals surface area contributed by atoms with Crippen LogP contribution in [-0.4, -0.2) is 11.9 Å². The SMILES string of the molecule is O=C1O/C(=N/SC2=CCCCC2)c2ccccc21. The van der Waals surface area contributed by atoms with Crippen LogP contribution in [0.1, 0.15) is 41.6 Å². The molecule has 0 amide bonds. The Morgan fingerprint density at radius 2 is 2.00 bits per heavy atom. The van der Waals surface area contributed by atoms with E-state index in [2.05, 4.69) is 10.5 Å². The maximum Gasteiger partial charge on any atom is 0.345 e. The van der Waals surface area contributed by atoms with Crippen molar-refractivity contribution in [1.29, 1.82) is 0 Å². The van der Waals surface area contributed by atoms with E-state index in [9.17, 15) is 4.79 Å². The molecule has 0 radical (unpaired) electrons. The molecule has 3 nitrogen and oxygen atoms in total. The number of rotatable bonds is 2. The van der Waals surface area contributed by atoms with Gasteiger partial charge in [0.1, 0.15) is 0 Å². The van der Waals surface area contributed by atoms with Gasteiger partial charge in [-0.05, 0) is 37.8 Å². The molecule has 1 aromatic carbocycles. The van der Waals surface area contributed by atoms with Gasteiger partial charge in [-0.15, -0.1) is 0 Å². The van der Waals surface area contributed by atoms with Gasteiger partial charge in [0.05, 0.1) is 11.1 Å². The fourth-order valence-corrected chi connectivity index (χ4v) is 2.87. The average molecular weight is 259 g/mol. The van der Waals surface area contributed by atoms with Crippen molar-refractivity contribution in [3.63, 3.8) is 0 Å². The molecule has 0 N–H and O–H groups in total. The first-order valence-corrected chi connectivity index (χ1v) is 6.87. The van der Waals surface area contributed by atoms with Gasteiger partial charge < -0.3 is 4.74 Å². The molecule has 0 fully saturated rings. The zero-order valence-corrected chi connectivity index (χ0v) is 10.7. The van der Waals surface area contributed by atoms with Gasteiger partial charge in [0.25, 0.3) is 0 Å². The van der Waals surface area contributed by atoms with Gasteiger partial charge in [0.2, 0.25) is 5.90 Å². The minimum Gasteiger partial charge on any atom is -0.403 e. The number of fused-ring (bicyclic) bond motifs is 1. The van der Waals surface area contributed by atoms with Crippen LogP contribution in [-0.2, 0) is 4.74 Å². The molecule has 1 aliphatic heterocycles. The Hall–Kier alpha value is -1.55. The predicted octanol–water partition coefficient (Wildman–Crippen LogP) is 3.71. The Morgan fingerprint density at radius 3 is 2.78 bits per heavy atom. The van der Waals surface area contributed by atoms with Gasteiger partial charge >= 0.3 is 5.97 Å². The maximum absolute atomic E-state index is 11.6. The van der Waals surface area contributed by atoms with Crippen molar-refractivity contribution < 1.29 is 9.53 Å². The number of carbonyl (C=O) groups excluding carboxylic acids is 1. The van der Waals surface area contributed by atoms with E-state index in [4.69, 9.17) is 4.74 Å². The van der Waals surface area contributed by atoms with Crippen LogP contribution in [0.25, 0.3) is 0 Å². The molecule has 1 heterocycles. The van der Waals surface area contributed by atoms with Crippen LogP contribution >= 0.6 is 11.9 Å². The summed E-state index contributed by atoms with van der Waals surface area (Å²) in [7, 11) is 0. The van der Waals surface area contributed by atoms with Crippen molar-refractivity contribution in [2.75, 3.05) is 0 Å². The second-order valence-corrected chi connectivity index (χ2v) is 5.23. The monoisotopic (exact) mass is 259 g/mol. The largest absolute Gasteiger partial charge is 0.403 e. The molecule has 1 aromatic rings. The van der Waals surface area contributed by atoms with Crippen molar-refractivity contribution in [2.24, 2.45) is 4.40 Å². The first-order chi connectivity index (χ1) is 8.84. The number of cyclic esters (lactones) is 1. The van der Waals surface area contributed by atoms with E-state index in [0.717, 1.165) is 18.4 Å². The molecule has 1 aliphatic carbocycles. The number of carbonyl (C=O) groups is 1. The number of allylic oxidation sites excluding steroid dienone is 2. The van der Waals surface area contributed by atoms with Crippen LogP contribution in [0.2, 0.25) is 0 Å². The zero-order valence-electron chi connectivity index (χ0n) is 9.89. The Bertz CT molecular complexity index is 548. The number of benzene rings is 1. The number of hydrogen-bond donors (Lipinski definition) is 0. The lowest BCUT2D eigenvalue weighted by atomic mass is 10.1. The van der Waals surface area contributed by atoms with E-state index >= 15 is 0 Å². The highest BCUT2D eigenvalue weighted by Gasteiger charge is 2.27. The molecule has 0 unspecified atom stereocenters. The molecule has 2 aliphatic rings. The highest BCUT2D eigenvalue weighted by molar-refractivity contribution is 8.02. The number of ether oxygens (including phenoxy) is 1. The summed E-state index contributed by atoms with van der Waals surface area (Å²) in [6.07, 6.45) is 6.92. The minimum atomic E-state index is -0.303. The molecule has 0 bridgehead atoms. The molecule has 0 aromatic heterocycles. The number of nitrogens with zero attached hydrogens (tertiary/aromatic N) is 1. The lowest BCUT2D eigenvalue weighted by molar-refractivity contribution is 0.0738. The Morgan fingerprint density at radius 1 is 1.17 bits per heavy atom. The van der Waals surface area contributed by atoms with Crippen molar-refractivity contribution in [3.8, 4) is 0 Å².